The molecule has 0 radical (unpaired) electrons. The predicted octanol–water partition coefficient (Wildman–Crippen LogP) is 4.50. The van der Waals surface area contributed by atoms with Crippen molar-refractivity contribution in [1.29, 1.82) is 0 Å². The van der Waals surface area contributed by atoms with Gasteiger partial charge in [0.1, 0.15) is 18.5 Å². The number of carbonyl (C=O) groups is 2. The van der Waals surface area contributed by atoms with E-state index in [0.717, 1.165) is 27.8 Å². The van der Waals surface area contributed by atoms with Gasteiger partial charge in [0.05, 0.1) is 0 Å². The normalized spacial score (nSPS) is 17.3. The lowest BCUT2D eigenvalue weighted by Crippen LogP contribution is -2.40. The van der Waals surface area contributed by atoms with Crippen LogP contribution in [-0.4, -0.2) is 36.3 Å². The van der Waals surface area contributed by atoms with Crippen LogP contribution in [0.2, 0.25) is 0 Å². The quantitative estimate of drug-likeness (QED) is 0.587. The van der Waals surface area contributed by atoms with Gasteiger partial charge in [-0.1, -0.05) is 60.7 Å². The highest BCUT2D eigenvalue weighted by Crippen LogP contribution is 2.44. The van der Waals surface area contributed by atoms with Crippen LogP contribution >= 0.6 is 0 Å². The van der Waals surface area contributed by atoms with E-state index in [-0.39, 0.29) is 31.5 Å². The highest BCUT2D eigenvalue weighted by atomic mass is 19.1. The molecule has 1 fully saturated rings. The first-order valence-electron chi connectivity index (χ1n) is 10.1. The number of fused-ring (bicyclic) bond motifs is 3. The van der Waals surface area contributed by atoms with Crippen molar-refractivity contribution >= 4 is 12.1 Å². The minimum Gasteiger partial charge on any atom is -0.448 e. The Kier molecular flexibility index (Phi) is 4.90. The van der Waals surface area contributed by atoms with Crippen molar-refractivity contribution in [3.63, 3.8) is 0 Å². The van der Waals surface area contributed by atoms with Crippen LogP contribution in [0.4, 0.5) is 9.18 Å². The van der Waals surface area contributed by atoms with Crippen molar-refractivity contribution in [2.45, 2.75) is 18.4 Å². The summed E-state index contributed by atoms with van der Waals surface area (Å²) in [6.45, 7) is 0.0161. The van der Waals surface area contributed by atoms with E-state index in [1.54, 1.807) is 12.1 Å². The van der Waals surface area contributed by atoms with Gasteiger partial charge in [0.2, 0.25) is 0 Å². The van der Waals surface area contributed by atoms with Crippen LogP contribution < -0.4 is 0 Å². The zero-order chi connectivity index (χ0) is 21.4. The maximum absolute atomic E-state index is 13.2. The summed E-state index contributed by atoms with van der Waals surface area (Å²) in [6.07, 6.45) is -0.358. The van der Waals surface area contributed by atoms with Gasteiger partial charge < -0.3 is 9.47 Å². The topological polar surface area (TPSA) is 55.8 Å². The lowest BCUT2D eigenvalue weighted by atomic mass is 9.98. The maximum Gasteiger partial charge on any atom is 0.413 e. The molecular weight excluding hydrogens is 397 g/mol. The second kappa shape index (κ2) is 7.87. The number of halogens is 1. The van der Waals surface area contributed by atoms with Gasteiger partial charge in [-0.3, -0.25) is 4.90 Å². The van der Waals surface area contributed by atoms with Gasteiger partial charge in [-0.25, -0.2) is 14.0 Å². The Morgan fingerprint density at radius 1 is 0.968 bits per heavy atom. The van der Waals surface area contributed by atoms with Crippen LogP contribution in [0, 0.1) is 5.82 Å². The number of esters is 1. The van der Waals surface area contributed by atoms with Gasteiger partial charge in [0, 0.05) is 12.3 Å². The van der Waals surface area contributed by atoms with Crippen LogP contribution in [0.1, 0.15) is 22.6 Å². The van der Waals surface area contributed by atoms with E-state index in [2.05, 4.69) is 12.1 Å². The Bertz CT molecular complexity index is 1100. The average Bonchev–Trinajstić information content (AvgIpc) is 3.32. The number of ether oxygens (including phenoxy) is 2. The van der Waals surface area contributed by atoms with Crippen LogP contribution in [0.25, 0.3) is 11.1 Å². The Morgan fingerprint density at radius 2 is 1.58 bits per heavy atom. The zero-order valence-electron chi connectivity index (χ0n) is 16.7. The van der Waals surface area contributed by atoms with Gasteiger partial charge >= 0.3 is 12.1 Å². The van der Waals surface area contributed by atoms with E-state index in [0.29, 0.717) is 0 Å². The largest absolute Gasteiger partial charge is 0.448 e. The summed E-state index contributed by atoms with van der Waals surface area (Å²) >= 11 is 0. The van der Waals surface area contributed by atoms with Crippen molar-refractivity contribution < 1.29 is 23.5 Å². The number of rotatable bonds is 4. The van der Waals surface area contributed by atoms with E-state index in [4.69, 9.17) is 9.47 Å². The summed E-state index contributed by atoms with van der Waals surface area (Å²) in [6, 6.07) is 21.2. The van der Waals surface area contributed by atoms with Gasteiger partial charge in [-0.2, -0.15) is 0 Å². The molecule has 3 aromatic rings. The lowest BCUT2D eigenvalue weighted by molar-refractivity contribution is -0.139. The van der Waals surface area contributed by atoms with E-state index in [1.807, 2.05) is 36.4 Å². The molecule has 0 saturated carbocycles. The molecule has 1 saturated heterocycles. The van der Waals surface area contributed by atoms with Crippen molar-refractivity contribution in [2.24, 2.45) is 0 Å². The summed E-state index contributed by atoms with van der Waals surface area (Å²) in [5.41, 5.74) is 5.27. The van der Waals surface area contributed by atoms with Gasteiger partial charge in [0.15, 0.2) is 6.73 Å². The highest BCUT2D eigenvalue weighted by Gasteiger charge is 2.39. The highest BCUT2D eigenvalue weighted by molar-refractivity contribution is 5.84. The molecule has 0 N–H and O–H groups in total. The fraction of sp³-hybridized carbons (Fsp3) is 0.200. The molecule has 1 aliphatic carbocycles. The van der Waals surface area contributed by atoms with E-state index >= 15 is 0 Å². The SMILES string of the molecule is O=C1OCN(C(=O)OCC2c3ccccc3-c3ccccc32)[C@H]1Cc1ccc(F)cc1. The molecule has 5 nitrogen and oxygen atoms in total. The summed E-state index contributed by atoms with van der Waals surface area (Å²) in [7, 11) is 0. The van der Waals surface area contributed by atoms with Gasteiger partial charge in [0.25, 0.3) is 0 Å². The number of cyclic esters (lactones) is 1. The van der Waals surface area contributed by atoms with E-state index in [1.165, 1.54) is 17.0 Å². The third-order valence-corrected chi connectivity index (χ3v) is 5.91. The first-order chi connectivity index (χ1) is 15.1. The smallest absolute Gasteiger partial charge is 0.413 e. The maximum atomic E-state index is 13.2. The van der Waals surface area contributed by atoms with Crippen molar-refractivity contribution in [2.75, 3.05) is 13.3 Å². The second-order valence-corrected chi connectivity index (χ2v) is 7.71. The number of amides is 1. The third-order valence-electron chi connectivity index (χ3n) is 5.91. The summed E-state index contributed by atoms with van der Waals surface area (Å²) < 4.78 is 23.9. The summed E-state index contributed by atoms with van der Waals surface area (Å²) in [5.74, 6) is -0.907. The molecule has 2 aliphatic rings. The number of hydrogen-bond donors (Lipinski definition) is 0. The minimum atomic E-state index is -0.791. The van der Waals surface area contributed by atoms with E-state index in [9.17, 15) is 14.0 Å². The standard InChI is InChI=1S/C25H20FNO4/c26-17-11-9-16(10-12-17)13-23-24(28)31-15-27(23)25(29)30-14-22-20-7-3-1-5-18(20)19-6-2-4-8-21(19)22/h1-12,22-23H,13-15H2/t23-/m0/s1. The Labute approximate surface area is 179 Å². The number of carbonyl (C=O) groups excluding carboxylic acids is 2. The number of benzene rings is 3. The van der Waals surface area contributed by atoms with Crippen LogP contribution in [0.3, 0.4) is 0 Å². The zero-order valence-corrected chi connectivity index (χ0v) is 16.7. The second-order valence-electron chi connectivity index (χ2n) is 7.71. The molecule has 31 heavy (non-hydrogen) atoms. The van der Waals surface area contributed by atoms with Gasteiger partial charge in [-0.15, -0.1) is 0 Å². The van der Waals surface area contributed by atoms with Crippen LogP contribution in [-0.2, 0) is 20.7 Å². The van der Waals surface area contributed by atoms with Crippen molar-refractivity contribution in [1.82, 2.24) is 4.90 Å². The molecule has 1 atom stereocenters. The monoisotopic (exact) mass is 417 g/mol. The summed E-state index contributed by atoms with van der Waals surface area (Å²) in [4.78, 5) is 26.3. The number of nitrogens with zero attached hydrogens (tertiary/aromatic N) is 1. The Balaban J connectivity index is 1.31. The van der Waals surface area contributed by atoms with Crippen molar-refractivity contribution in [3.8, 4) is 11.1 Å². The average molecular weight is 417 g/mol. The molecule has 0 aromatic heterocycles. The third kappa shape index (κ3) is 3.54. The molecular formula is C25H20FNO4. The van der Waals surface area contributed by atoms with Crippen LogP contribution in [0.5, 0.6) is 0 Å². The Hall–Kier alpha value is -3.67. The molecule has 1 amide bonds. The van der Waals surface area contributed by atoms with E-state index < -0.39 is 18.1 Å². The molecule has 5 rings (SSSR count). The molecule has 3 aromatic carbocycles. The lowest BCUT2D eigenvalue weighted by Gasteiger charge is -2.21. The fourth-order valence-electron chi connectivity index (χ4n) is 4.34. The molecule has 156 valence electrons. The minimum absolute atomic E-state index is 0.0638. The first kappa shape index (κ1) is 19.3. The van der Waals surface area contributed by atoms with Gasteiger partial charge in [-0.05, 0) is 39.9 Å². The molecule has 0 spiro atoms. The summed E-state index contributed by atoms with van der Waals surface area (Å²) in [5, 5.41) is 0. The Morgan fingerprint density at radius 3 is 2.23 bits per heavy atom. The number of hydrogen-bond acceptors (Lipinski definition) is 4. The van der Waals surface area contributed by atoms with Crippen LogP contribution in [0.15, 0.2) is 72.8 Å². The molecule has 0 unspecified atom stereocenters. The fourth-order valence-corrected chi connectivity index (χ4v) is 4.34. The molecule has 0 bridgehead atoms. The molecule has 1 heterocycles. The molecule has 1 aliphatic heterocycles. The first-order valence-corrected chi connectivity index (χ1v) is 10.1. The van der Waals surface area contributed by atoms with Crippen molar-refractivity contribution in [3.05, 3.63) is 95.3 Å². The predicted molar refractivity (Wildman–Crippen MR) is 112 cm³/mol. The molecule has 6 heteroatoms.